The van der Waals surface area contributed by atoms with Gasteiger partial charge in [0.25, 0.3) is 0 Å². The van der Waals surface area contributed by atoms with Gasteiger partial charge < -0.3 is 25.4 Å². The first-order valence-electron chi connectivity index (χ1n) is 11.4. The fourth-order valence-electron chi connectivity index (χ4n) is 5.25. The summed E-state index contributed by atoms with van der Waals surface area (Å²) in [5, 5.41) is 15.2. The topological polar surface area (TPSA) is 111 Å². The molecule has 3 rings (SSSR count). The van der Waals surface area contributed by atoms with Gasteiger partial charge in [0.2, 0.25) is 17.7 Å². The van der Waals surface area contributed by atoms with Gasteiger partial charge in [-0.1, -0.05) is 25.5 Å². The number of carbonyl (C=O) groups excluding carboxylic acids is 3. The van der Waals surface area contributed by atoms with E-state index in [0.717, 1.165) is 32.5 Å². The van der Waals surface area contributed by atoms with Crippen molar-refractivity contribution in [2.24, 2.45) is 23.7 Å². The molecule has 0 saturated carbocycles. The smallest absolute Gasteiger partial charge is 0.243 e. The third kappa shape index (κ3) is 5.10. The Morgan fingerprint density at radius 1 is 1.19 bits per heavy atom. The molecule has 0 aromatic carbocycles. The van der Waals surface area contributed by atoms with E-state index in [1.807, 2.05) is 12.2 Å². The SMILES string of the molecule is CCC[C@@H]1C=C[C@H]2[C@@H](C(=O)N(CCO)[C@@H]2C(=O)NCCN2CCOCC2)[C@@H]1C(=O)NC. The number of nitrogens with zero attached hydrogens (tertiary/aromatic N) is 2. The second kappa shape index (κ2) is 11.1. The quantitative estimate of drug-likeness (QED) is 0.409. The first kappa shape index (κ1) is 23.7. The van der Waals surface area contributed by atoms with Crippen molar-refractivity contribution >= 4 is 17.7 Å². The largest absolute Gasteiger partial charge is 0.395 e. The second-order valence-electron chi connectivity index (χ2n) is 8.53. The highest BCUT2D eigenvalue weighted by atomic mass is 16.5. The Labute approximate surface area is 184 Å². The highest BCUT2D eigenvalue weighted by Gasteiger charge is 2.56. The zero-order chi connectivity index (χ0) is 22.4. The van der Waals surface area contributed by atoms with Crippen LogP contribution in [-0.2, 0) is 19.1 Å². The summed E-state index contributed by atoms with van der Waals surface area (Å²) in [6.07, 6.45) is 5.67. The van der Waals surface area contributed by atoms with Crippen molar-refractivity contribution in [1.82, 2.24) is 20.4 Å². The molecule has 2 fully saturated rings. The lowest BCUT2D eigenvalue weighted by Crippen LogP contribution is -2.50. The van der Waals surface area contributed by atoms with E-state index >= 15 is 0 Å². The maximum Gasteiger partial charge on any atom is 0.243 e. The number of aliphatic hydroxyl groups excluding tert-OH is 1. The Balaban J connectivity index is 1.76. The monoisotopic (exact) mass is 436 g/mol. The molecule has 0 aromatic heterocycles. The summed E-state index contributed by atoms with van der Waals surface area (Å²) in [7, 11) is 1.58. The van der Waals surface area contributed by atoms with Gasteiger partial charge in [-0.15, -0.1) is 0 Å². The van der Waals surface area contributed by atoms with Crippen molar-refractivity contribution in [3.63, 3.8) is 0 Å². The van der Waals surface area contributed by atoms with Crippen LogP contribution in [0.4, 0.5) is 0 Å². The fourth-order valence-corrected chi connectivity index (χ4v) is 5.25. The number of morpholine rings is 1. The zero-order valence-electron chi connectivity index (χ0n) is 18.6. The first-order chi connectivity index (χ1) is 15.0. The van der Waals surface area contributed by atoms with E-state index in [0.29, 0.717) is 19.8 Å². The molecule has 9 nitrogen and oxygen atoms in total. The van der Waals surface area contributed by atoms with Gasteiger partial charge in [-0.05, 0) is 12.3 Å². The molecule has 174 valence electrons. The molecule has 0 unspecified atom stereocenters. The number of fused-ring (bicyclic) bond motifs is 1. The Morgan fingerprint density at radius 2 is 1.94 bits per heavy atom. The van der Waals surface area contributed by atoms with E-state index in [2.05, 4.69) is 22.5 Å². The van der Waals surface area contributed by atoms with E-state index in [-0.39, 0.29) is 42.7 Å². The third-order valence-corrected chi connectivity index (χ3v) is 6.72. The lowest BCUT2D eigenvalue weighted by atomic mass is 9.68. The number of hydrogen-bond acceptors (Lipinski definition) is 6. The Bertz CT molecular complexity index is 679. The molecule has 9 heteroatoms. The normalized spacial score (nSPS) is 30.9. The third-order valence-electron chi connectivity index (χ3n) is 6.72. The number of β-amino-alcohol motifs (C(OH)–C–C–N with tert-alkyl or cyclic N) is 1. The van der Waals surface area contributed by atoms with Crippen LogP contribution in [0.5, 0.6) is 0 Å². The van der Waals surface area contributed by atoms with E-state index in [1.165, 1.54) is 4.90 Å². The molecule has 2 saturated heterocycles. The number of ether oxygens (including phenoxy) is 1. The molecular formula is C22H36N4O5. The van der Waals surface area contributed by atoms with E-state index in [4.69, 9.17) is 4.74 Å². The van der Waals surface area contributed by atoms with Gasteiger partial charge in [0, 0.05) is 45.7 Å². The van der Waals surface area contributed by atoms with Crippen LogP contribution in [0.3, 0.4) is 0 Å². The van der Waals surface area contributed by atoms with Crippen LogP contribution in [0.1, 0.15) is 19.8 Å². The number of nitrogens with one attached hydrogen (secondary N) is 2. The lowest BCUT2D eigenvalue weighted by Gasteiger charge is -2.34. The van der Waals surface area contributed by atoms with Crippen LogP contribution >= 0.6 is 0 Å². The highest BCUT2D eigenvalue weighted by Crippen LogP contribution is 2.45. The number of hydrogen-bond donors (Lipinski definition) is 3. The minimum atomic E-state index is -0.708. The van der Waals surface area contributed by atoms with Gasteiger partial charge in [0.1, 0.15) is 6.04 Å². The molecule has 0 bridgehead atoms. The summed E-state index contributed by atoms with van der Waals surface area (Å²) in [6, 6.07) is -0.708. The minimum absolute atomic E-state index is 0.0331. The number of aliphatic hydroxyl groups is 1. The molecule has 0 radical (unpaired) electrons. The molecule has 31 heavy (non-hydrogen) atoms. The van der Waals surface area contributed by atoms with Crippen LogP contribution in [-0.4, -0.2) is 98.3 Å². The van der Waals surface area contributed by atoms with Gasteiger partial charge in [-0.3, -0.25) is 19.3 Å². The Kier molecular flexibility index (Phi) is 8.45. The molecule has 3 N–H and O–H groups in total. The molecule has 3 aliphatic rings. The summed E-state index contributed by atoms with van der Waals surface area (Å²) in [4.78, 5) is 43.0. The van der Waals surface area contributed by atoms with E-state index in [1.54, 1.807) is 7.05 Å². The maximum absolute atomic E-state index is 13.3. The van der Waals surface area contributed by atoms with Crippen LogP contribution in [0.15, 0.2) is 12.2 Å². The lowest BCUT2D eigenvalue weighted by molar-refractivity contribution is -0.141. The predicted molar refractivity (Wildman–Crippen MR) is 115 cm³/mol. The molecule has 2 heterocycles. The van der Waals surface area contributed by atoms with Gasteiger partial charge in [0.05, 0.1) is 31.7 Å². The fraction of sp³-hybridized carbons (Fsp3) is 0.773. The molecule has 0 spiro atoms. The van der Waals surface area contributed by atoms with Crippen molar-refractivity contribution < 1.29 is 24.2 Å². The predicted octanol–water partition coefficient (Wildman–Crippen LogP) is -0.781. The van der Waals surface area contributed by atoms with Crippen LogP contribution in [0, 0.1) is 23.7 Å². The van der Waals surface area contributed by atoms with E-state index < -0.39 is 17.9 Å². The summed E-state index contributed by atoms with van der Waals surface area (Å²) in [6.45, 7) is 6.19. The number of likely N-dealkylation sites (tertiary alicyclic amines) is 1. The standard InChI is InChI=1S/C22H36N4O5/c1-3-4-15-5-6-16-18(17(15)20(28)23-2)22(30)26(9-12-27)19(16)21(29)24-7-8-25-10-13-31-14-11-25/h5-6,15-19,27H,3-4,7-14H2,1-2H3,(H,23,28)(H,24,29)/t15-,16+,17-,18-,19+/m1/s1. The summed E-state index contributed by atoms with van der Waals surface area (Å²) in [5.74, 6) is -2.10. The van der Waals surface area contributed by atoms with Gasteiger partial charge in [-0.25, -0.2) is 0 Å². The molecule has 2 aliphatic heterocycles. The van der Waals surface area contributed by atoms with Gasteiger partial charge >= 0.3 is 0 Å². The summed E-state index contributed by atoms with van der Waals surface area (Å²) < 4.78 is 5.35. The van der Waals surface area contributed by atoms with Gasteiger partial charge in [0.15, 0.2) is 0 Å². The van der Waals surface area contributed by atoms with Gasteiger partial charge in [-0.2, -0.15) is 0 Å². The number of rotatable bonds is 9. The van der Waals surface area contributed by atoms with Crippen LogP contribution in [0.2, 0.25) is 0 Å². The number of amides is 3. The minimum Gasteiger partial charge on any atom is -0.395 e. The van der Waals surface area contributed by atoms with Crippen molar-refractivity contribution in [2.75, 3.05) is 59.6 Å². The average molecular weight is 437 g/mol. The molecular weight excluding hydrogens is 400 g/mol. The summed E-state index contributed by atoms with van der Waals surface area (Å²) >= 11 is 0. The van der Waals surface area contributed by atoms with Crippen molar-refractivity contribution in [1.29, 1.82) is 0 Å². The Hall–Kier alpha value is -1.97. The Morgan fingerprint density at radius 3 is 2.58 bits per heavy atom. The molecule has 5 atom stereocenters. The van der Waals surface area contributed by atoms with Crippen LogP contribution < -0.4 is 10.6 Å². The first-order valence-corrected chi connectivity index (χ1v) is 11.4. The van der Waals surface area contributed by atoms with E-state index in [9.17, 15) is 19.5 Å². The molecule has 3 amide bonds. The second-order valence-corrected chi connectivity index (χ2v) is 8.53. The maximum atomic E-state index is 13.3. The molecule has 1 aliphatic carbocycles. The number of allylic oxidation sites excluding steroid dienone is 1. The zero-order valence-corrected chi connectivity index (χ0v) is 18.6. The van der Waals surface area contributed by atoms with Crippen molar-refractivity contribution in [2.45, 2.75) is 25.8 Å². The van der Waals surface area contributed by atoms with Crippen LogP contribution in [0.25, 0.3) is 0 Å². The number of carbonyl (C=O) groups is 3. The summed E-state index contributed by atoms with van der Waals surface area (Å²) in [5.41, 5.74) is 0. The van der Waals surface area contributed by atoms with Crippen molar-refractivity contribution in [3.05, 3.63) is 12.2 Å². The average Bonchev–Trinajstić information content (AvgIpc) is 3.06. The van der Waals surface area contributed by atoms with Crippen molar-refractivity contribution in [3.8, 4) is 0 Å². The molecule has 0 aromatic rings. The highest BCUT2D eigenvalue weighted by molar-refractivity contribution is 5.96.